The third-order valence-electron chi connectivity index (χ3n) is 3.00. The summed E-state index contributed by atoms with van der Waals surface area (Å²) in [6.07, 6.45) is 0.642. The van der Waals surface area contributed by atoms with Crippen molar-refractivity contribution < 1.29 is 4.52 Å². The Kier molecular flexibility index (Phi) is 3.79. The van der Waals surface area contributed by atoms with Gasteiger partial charge in [-0.2, -0.15) is 4.98 Å². The minimum Gasteiger partial charge on any atom is -0.337 e. The maximum atomic E-state index is 6.35. The van der Waals surface area contributed by atoms with Crippen molar-refractivity contribution in [3.63, 3.8) is 0 Å². The Balaban J connectivity index is 1.77. The number of nitrogens with zero attached hydrogens (tertiary/aromatic N) is 2. The second kappa shape index (κ2) is 5.88. The predicted molar refractivity (Wildman–Crippen MR) is 77.7 cm³/mol. The normalized spacial score (nSPS) is 12.2. The second-order valence-electron chi connectivity index (χ2n) is 4.48. The van der Waals surface area contributed by atoms with Crippen LogP contribution in [0.5, 0.6) is 0 Å². The van der Waals surface area contributed by atoms with Crippen molar-refractivity contribution in [3.8, 4) is 0 Å². The van der Waals surface area contributed by atoms with E-state index >= 15 is 0 Å². The fraction of sp³-hybridized carbons (Fsp3) is 0.125. The molecule has 2 aromatic carbocycles. The summed E-state index contributed by atoms with van der Waals surface area (Å²) in [6.45, 7) is 0. The number of benzene rings is 2. The smallest absolute Gasteiger partial charge is 0.249 e. The molecule has 0 saturated heterocycles. The molecule has 3 nitrogen and oxygen atoms in total. The summed E-state index contributed by atoms with van der Waals surface area (Å²) < 4.78 is 5.26. The van der Waals surface area contributed by atoms with Crippen molar-refractivity contribution in [3.05, 3.63) is 83.5 Å². The molecule has 0 aliphatic heterocycles. The number of alkyl halides is 1. The molecule has 3 aromatic rings. The Hall–Kier alpha value is -2.13. The molecule has 0 radical (unpaired) electrons. The molecule has 0 spiro atoms. The Morgan fingerprint density at radius 2 is 1.60 bits per heavy atom. The lowest BCUT2D eigenvalue weighted by molar-refractivity contribution is 0.377. The minimum absolute atomic E-state index is 0.409. The Morgan fingerprint density at radius 3 is 2.30 bits per heavy atom. The fourth-order valence-electron chi connectivity index (χ4n) is 1.99. The third-order valence-corrected chi connectivity index (χ3v) is 3.44. The largest absolute Gasteiger partial charge is 0.337 e. The van der Waals surface area contributed by atoms with Crippen molar-refractivity contribution in [1.29, 1.82) is 0 Å². The van der Waals surface area contributed by atoms with Crippen LogP contribution in [-0.2, 0) is 6.42 Å². The number of aromatic nitrogens is 2. The van der Waals surface area contributed by atoms with Crippen molar-refractivity contribution >= 4 is 11.6 Å². The lowest BCUT2D eigenvalue weighted by atomic mass is 10.1. The van der Waals surface area contributed by atoms with Crippen molar-refractivity contribution in [2.45, 2.75) is 11.8 Å². The molecule has 0 aliphatic carbocycles. The average molecular weight is 285 g/mol. The molecule has 1 unspecified atom stereocenters. The van der Waals surface area contributed by atoms with Crippen LogP contribution >= 0.6 is 11.6 Å². The number of hydrogen-bond donors (Lipinski definition) is 0. The maximum Gasteiger partial charge on any atom is 0.249 e. The maximum absolute atomic E-state index is 6.35. The molecule has 100 valence electrons. The lowest BCUT2D eigenvalue weighted by Gasteiger charge is -2.03. The van der Waals surface area contributed by atoms with Crippen LogP contribution in [0.25, 0.3) is 0 Å². The summed E-state index contributed by atoms with van der Waals surface area (Å²) in [6, 6.07) is 19.7. The van der Waals surface area contributed by atoms with Gasteiger partial charge in [-0.1, -0.05) is 65.8 Å². The first-order chi connectivity index (χ1) is 9.83. The SMILES string of the molecule is ClC(c1ccccc1)c1nc(Cc2ccccc2)no1. The molecule has 0 N–H and O–H groups in total. The first-order valence-corrected chi connectivity index (χ1v) is 6.82. The summed E-state index contributed by atoms with van der Waals surface area (Å²) in [7, 11) is 0. The summed E-state index contributed by atoms with van der Waals surface area (Å²) in [4.78, 5) is 4.37. The van der Waals surface area contributed by atoms with Gasteiger partial charge in [-0.15, -0.1) is 11.6 Å². The second-order valence-corrected chi connectivity index (χ2v) is 4.92. The molecule has 0 aliphatic rings. The van der Waals surface area contributed by atoms with Gasteiger partial charge in [-0.25, -0.2) is 0 Å². The van der Waals surface area contributed by atoms with Gasteiger partial charge >= 0.3 is 0 Å². The van der Waals surface area contributed by atoms with Crippen molar-refractivity contribution in [1.82, 2.24) is 10.1 Å². The molecule has 0 bridgehead atoms. The van der Waals surface area contributed by atoms with E-state index in [4.69, 9.17) is 16.1 Å². The summed E-state index contributed by atoms with van der Waals surface area (Å²) in [5, 5.41) is 3.58. The molecule has 4 heteroatoms. The lowest BCUT2D eigenvalue weighted by Crippen LogP contribution is -1.95. The highest BCUT2D eigenvalue weighted by atomic mass is 35.5. The third kappa shape index (κ3) is 2.89. The zero-order valence-electron chi connectivity index (χ0n) is 10.7. The molecule has 3 rings (SSSR count). The molecule has 1 atom stereocenters. The zero-order chi connectivity index (χ0) is 13.8. The standard InChI is InChI=1S/C16H13ClN2O/c17-15(13-9-5-2-6-10-13)16-18-14(19-20-16)11-12-7-3-1-4-8-12/h1-10,15H,11H2. The van der Waals surface area contributed by atoms with E-state index in [0.29, 0.717) is 18.1 Å². The van der Waals surface area contributed by atoms with E-state index in [1.165, 1.54) is 0 Å². The molecule has 1 heterocycles. The molecule has 1 aromatic heterocycles. The molecule has 0 amide bonds. The van der Waals surface area contributed by atoms with Gasteiger partial charge in [0.15, 0.2) is 5.82 Å². The van der Waals surface area contributed by atoms with E-state index in [1.807, 2.05) is 60.7 Å². The van der Waals surface area contributed by atoms with Crippen LogP contribution in [0.4, 0.5) is 0 Å². The Labute approximate surface area is 122 Å². The van der Waals surface area contributed by atoms with Crippen LogP contribution < -0.4 is 0 Å². The van der Waals surface area contributed by atoms with E-state index in [2.05, 4.69) is 10.1 Å². The van der Waals surface area contributed by atoms with Crippen molar-refractivity contribution in [2.75, 3.05) is 0 Å². The van der Waals surface area contributed by atoms with Crippen LogP contribution in [-0.4, -0.2) is 10.1 Å². The molecule has 20 heavy (non-hydrogen) atoms. The van der Waals surface area contributed by atoms with Gasteiger partial charge in [0.05, 0.1) is 0 Å². The van der Waals surface area contributed by atoms with Crippen LogP contribution in [0, 0.1) is 0 Å². The van der Waals surface area contributed by atoms with E-state index in [9.17, 15) is 0 Å². The van der Waals surface area contributed by atoms with E-state index in [-0.39, 0.29) is 0 Å². The topological polar surface area (TPSA) is 38.9 Å². The van der Waals surface area contributed by atoms with Crippen LogP contribution in [0.3, 0.4) is 0 Å². The summed E-state index contributed by atoms with van der Waals surface area (Å²) in [5.41, 5.74) is 2.09. The van der Waals surface area contributed by atoms with E-state index < -0.39 is 5.38 Å². The highest BCUT2D eigenvalue weighted by molar-refractivity contribution is 6.22. The quantitative estimate of drug-likeness (QED) is 0.680. The summed E-state index contributed by atoms with van der Waals surface area (Å²) in [5.74, 6) is 1.08. The first-order valence-electron chi connectivity index (χ1n) is 6.38. The Morgan fingerprint density at radius 1 is 0.950 bits per heavy atom. The van der Waals surface area contributed by atoms with Gasteiger partial charge < -0.3 is 4.52 Å². The number of hydrogen-bond acceptors (Lipinski definition) is 3. The highest BCUT2D eigenvalue weighted by Gasteiger charge is 2.18. The van der Waals surface area contributed by atoms with Gasteiger partial charge in [0, 0.05) is 6.42 Å². The predicted octanol–water partition coefficient (Wildman–Crippen LogP) is 3.99. The van der Waals surface area contributed by atoms with Gasteiger partial charge in [-0.3, -0.25) is 0 Å². The Bertz CT molecular complexity index is 667. The number of rotatable bonds is 4. The molecule has 0 fully saturated rings. The van der Waals surface area contributed by atoms with E-state index in [1.54, 1.807) is 0 Å². The van der Waals surface area contributed by atoms with Gasteiger partial charge in [0.1, 0.15) is 5.38 Å². The first kappa shape index (κ1) is 12.9. The molecular weight excluding hydrogens is 272 g/mol. The molecular formula is C16H13ClN2O. The van der Waals surface area contributed by atoms with Crippen LogP contribution in [0.1, 0.15) is 28.2 Å². The van der Waals surface area contributed by atoms with E-state index in [0.717, 1.165) is 11.1 Å². The fourth-order valence-corrected chi connectivity index (χ4v) is 2.22. The highest BCUT2D eigenvalue weighted by Crippen LogP contribution is 2.27. The minimum atomic E-state index is -0.409. The number of halogens is 1. The van der Waals surface area contributed by atoms with Gasteiger partial charge in [0.2, 0.25) is 5.89 Å². The van der Waals surface area contributed by atoms with Crippen molar-refractivity contribution in [2.24, 2.45) is 0 Å². The van der Waals surface area contributed by atoms with Crippen LogP contribution in [0.15, 0.2) is 65.2 Å². The van der Waals surface area contributed by atoms with Gasteiger partial charge in [0.25, 0.3) is 0 Å². The summed E-state index contributed by atoms with van der Waals surface area (Å²) >= 11 is 6.35. The van der Waals surface area contributed by atoms with Gasteiger partial charge in [-0.05, 0) is 11.1 Å². The molecule has 0 saturated carbocycles. The zero-order valence-corrected chi connectivity index (χ0v) is 11.5. The van der Waals surface area contributed by atoms with Crippen LogP contribution in [0.2, 0.25) is 0 Å². The average Bonchev–Trinajstić information content (AvgIpc) is 2.97. The monoisotopic (exact) mass is 284 g/mol.